The zero-order chi connectivity index (χ0) is 14.4. The maximum Gasteiger partial charge on any atom is 0.137 e. The first-order chi connectivity index (χ1) is 9.70. The summed E-state index contributed by atoms with van der Waals surface area (Å²) in [4.78, 5) is 2.43. The molecule has 0 amide bonds. The minimum atomic E-state index is -0.172. The highest BCUT2D eigenvalue weighted by Crippen LogP contribution is 2.22. The number of piperidine rings is 1. The quantitative estimate of drug-likeness (QED) is 0.842. The molecule has 1 atom stereocenters. The molecule has 1 aliphatic rings. The second-order valence-electron chi connectivity index (χ2n) is 5.59. The molecule has 1 saturated heterocycles. The lowest BCUT2D eigenvalue weighted by Gasteiger charge is -2.30. The topological polar surface area (TPSA) is 15.3 Å². The molecule has 0 spiro atoms. The number of hydrogen-bond donors (Lipinski definition) is 1. The van der Waals surface area contributed by atoms with Crippen molar-refractivity contribution in [1.29, 1.82) is 0 Å². The van der Waals surface area contributed by atoms with Crippen molar-refractivity contribution in [2.24, 2.45) is 0 Å². The lowest BCUT2D eigenvalue weighted by molar-refractivity contribution is 0.216. The van der Waals surface area contributed by atoms with Crippen molar-refractivity contribution >= 4 is 15.9 Å². The number of nitrogens with one attached hydrogen (secondary N) is 1. The Bertz CT molecular complexity index is 419. The van der Waals surface area contributed by atoms with Crippen molar-refractivity contribution in [2.45, 2.75) is 45.2 Å². The third-order valence-corrected chi connectivity index (χ3v) is 4.74. The van der Waals surface area contributed by atoms with Crippen LogP contribution in [0.2, 0.25) is 0 Å². The van der Waals surface area contributed by atoms with Gasteiger partial charge in [-0.25, -0.2) is 4.39 Å². The largest absolute Gasteiger partial charge is 0.313 e. The molecule has 0 saturated carbocycles. The summed E-state index contributed by atoms with van der Waals surface area (Å²) in [5.41, 5.74) is 1.04. The van der Waals surface area contributed by atoms with Crippen molar-refractivity contribution in [3.05, 3.63) is 34.1 Å². The molecule has 20 heavy (non-hydrogen) atoms. The van der Waals surface area contributed by atoms with Crippen LogP contribution in [0.3, 0.4) is 0 Å². The number of nitrogens with zero attached hydrogens (tertiary/aromatic N) is 1. The van der Waals surface area contributed by atoms with Crippen molar-refractivity contribution in [3.63, 3.8) is 0 Å². The number of benzene rings is 1. The summed E-state index contributed by atoms with van der Waals surface area (Å²) in [6, 6.07) is 5.88. The molecular formula is C16H24BrFN2. The van der Waals surface area contributed by atoms with E-state index in [9.17, 15) is 4.39 Å². The van der Waals surface area contributed by atoms with Gasteiger partial charge in [-0.15, -0.1) is 0 Å². The summed E-state index contributed by atoms with van der Waals surface area (Å²) in [6.45, 7) is 6.25. The van der Waals surface area contributed by atoms with Gasteiger partial charge in [0, 0.05) is 19.1 Å². The fraction of sp³-hybridized carbons (Fsp3) is 0.625. The highest BCUT2D eigenvalue weighted by Gasteiger charge is 2.17. The Balaban J connectivity index is 1.98. The molecule has 4 heteroatoms. The molecule has 0 aromatic heterocycles. The zero-order valence-corrected chi connectivity index (χ0v) is 13.8. The molecule has 0 aliphatic carbocycles. The highest BCUT2D eigenvalue weighted by molar-refractivity contribution is 9.10. The van der Waals surface area contributed by atoms with E-state index in [1.807, 2.05) is 6.07 Å². The predicted molar refractivity (Wildman–Crippen MR) is 85.3 cm³/mol. The Hall–Kier alpha value is -0.450. The second kappa shape index (κ2) is 8.11. The number of rotatable bonds is 6. The Morgan fingerprint density at radius 3 is 2.95 bits per heavy atom. The van der Waals surface area contributed by atoms with Crippen LogP contribution in [0, 0.1) is 5.82 Å². The molecule has 1 aromatic rings. The summed E-state index contributed by atoms with van der Waals surface area (Å²) in [6.07, 6.45) is 4.99. The van der Waals surface area contributed by atoms with Crippen molar-refractivity contribution in [2.75, 3.05) is 19.6 Å². The SMILES string of the molecule is CCCN(Cc1cccc(F)c1Br)CC1CCCCN1. The molecule has 112 valence electrons. The molecule has 1 unspecified atom stereocenters. The van der Waals surface area contributed by atoms with Gasteiger partial charge in [-0.1, -0.05) is 25.5 Å². The van der Waals surface area contributed by atoms with E-state index in [0.717, 1.165) is 38.2 Å². The van der Waals surface area contributed by atoms with E-state index in [4.69, 9.17) is 0 Å². The van der Waals surface area contributed by atoms with Crippen LogP contribution in [0.1, 0.15) is 38.2 Å². The van der Waals surface area contributed by atoms with Gasteiger partial charge in [-0.3, -0.25) is 4.90 Å². The summed E-state index contributed by atoms with van der Waals surface area (Å²) >= 11 is 3.37. The van der Waals surface area contributed by atoms with Gasteiger partial charge in [0.25, 0.3) is 0 Å². The van der Waals surface area contributed by atoms with Crippen molar-refractivity contribution in [3.8, 4) is 0 Å². The van der Waals surface area contributed by atoms with Gasteiger partial charge in [0.1, 0.15) is 5.82 Å². The lowest BCUT2D eigenvalue weighted by atomic mass is 10.0. The second-order valence-corrected chi connectivity index (χ2v) is 6.39. The van der Waals surface area contributed by atoms with Crippen molar-refractivity contribution in [1.82, 2.24) is 10.2 Å². The average Bonchev–Trinajstić information content (AvgIpc) is 2.45. The smallest absolute Gasteiger partial charge is 0.137 e. The van der Waals surface area contributed by atoms with Crippen LogP contribution in [0.4, 0.5) is 4.39 Å². The van der Waals surface area contributed by atoms with Gasteiger partial charge in [-0.2, -0.15) is 0 Å². The Kier molecular flexibility index (Phi) is 6.46. The van der Waals surface area contributed by atoms with E-state index in [1.165, 1.54) is 25.3 Å². The van der Waals surface area contributed by atoms with Crippen LogP contribution in [0.25, 0.3) is 0 Å². The molecule has 1 N–H and O–H groups in total. The first-order valence-electron chi connectivity index (χ1n) is 7.59. The van der Waals surface area contributed by atoms with E-state index >= 15 is 0 Å². The van der Waals surface area contributed by atoms with E-state index in [-0.39, 0.29) is 5.82 Å². The lowest BCUT2D eigenvalue weighted by Crippen LogP contribution is -2.43. The maximum absolute atomic E-state index is 13.6. The van der Waals surface area contributed by atoms with E-state index in [1.54, 1.807) is 6.07 Å². The molecule has 0 radical (unpaired) electrons. The van der Waals surface area contributed by atoms with E-state index in [0.29, 0.717) is 10.5 Å². The van der Waals surface area contributed by atoms with Crippen molar-refractivity contribution < 1.29 is 4.39 Å². The van der Waals surface area contributed by atoms with Gasteiger partial charge in [0.05, 0.1) is 4.47 Å². The van der Waals surface area contributed by atoms with E-state index < -0.39 is 0 Å². The number of halogens is 2. The first kappa shape index (κ1) is 15.9. The van der Waals surface area contributed by atoms with Gasteiger partial charge in [0.2, 0.25) is 0 Å². The fourth-order valence-corrected chi connectivity index (χ4v) is 3.24. The van der Waals surface area contributed by atoms with Gasteiger partial charge >= 0.3 is 0 Å². The molecule has 1 aliphatic heterocycles. The third kappa shape index (κ3) is 4.54. The summed E-state index contributed by atoms with van der Waals surface area (Å²) in [5, 5.41) is 3.59. The summed E-state index contributed by atoms with van der Waals surface area (Å²) < 4.78 is 14.2. The minimum absolute atomic E-state index is 0.172. The fourth-order valence-electron chi connectivity index (χ4n) is 2.85. The minimum Gasteiger partial charge on any atom is -0.313 e. The monoisotopic (exact) mass is 342 g/mol. The van der Waals surface area contributed by atoms with Crippen LogP contribution >= 0.6 is 15.9 Å². The Labute approximate surface area is 129 Å². The molecule has 0 bridgehead atoms. The highest BCUT2D eigenvalue weighted by atomic mass is 79.9. The van der Waals surface area contributed by atoms with Gasteiger partial charge < -0.3 is 5.32 Å². The average molecular weight is 343 g/mol. The molecule has 2 rings (SSSR count). The third-order valence-electron chi connectivity index (χ3n) is 3.86. The summed E-state index contributed by atoms with van der Waals surface area (Å²) in [5.74, 6) is -0.172. The van der Waals surface area contributed by atoms with Crippen LogP contribution in [-0.2, 0) is 6.54 Å². The van der Waals surface area contributed by atoms with Gasteiger partial charge in [0.15, 0.2) is 0 Å². The summed E-state index contributed by atoms with van der Waals surface area (Å²) in [7, 11) is 0. The normalized spacial score (nSPS) is 19.5. The molecule has 2 nitrogen and oxygen atoms in total. The van der Waals surface area contributed by atoms with Crippen LogP contribution in [0.15, 0.2) is 22.7 Å². The standard InChI is InChI=1S/C16H24BrFN2/c1-2-10-20(12-14-7-3-4-9-19-14)11-13-6-5-8-15(18)16(13)17/h5-6,8,14,19H,2-4,7,9-12H2,1H3. The Morgan fingerprint density at radius 2 is 2.25 bits per heavy atom. The Morgan fingerprint density at radius 1 is 1.40 bits per heavy atom. The molecule has 1 heterocycles. The van der Waals surface area contributed by atoms with Crippen LogP contribution in [0.5, 0.6) is 0 Å². The predicted octanol–water partition coefficient (Wildman–Crippen LogP) is 3.94. The molecule has 1 aromatic carbocycles. The first-order valence-corrected chi connectivity index (χ1v) is 8.38. The zero-order valence-electron chi connectivity index (χ0n) is 12.2. The van der Waals surface area contributed by atoms with Gasteiger partial charge in [-0.05, 0) is 59.9 Å². The molecular weight excluding hydrogens is 319 g/mol. The van der Waals surface area contributed by atoms with E-state index in [2.05, 4.69) is 33.1 Å². The maximum atomic E-state index is 13.6. The molecule has 1 fully saturated rings. The van der Waals surface area contributed by atoms with Crippen LogP contribution < -0.4 is 5.32 Å². The van der Waals surface area contributed by atoms with Crippen LogP contribution in [-0.4, -0.2) is 30.6 Å². The number of hydrogen-bond acceptors (Lipinski definition) is 2.